The van der Waals surface area contributed by atoms with Gasteiger partial charge in [0.05, 0.1) is 12.5 Å². The van der Waals surface area contributed by atoms with Crippen LogP contribution in [0.5, 0.6) is 5.75 Å². The van der Waals surface area contributed by atoms with Gasteiger partial charge in [0.15, 0.2) is 0 Å². The van der Waals surface area contributed by atoms with Gasteiger partial charge in [-0.15, -0.1) is 0 Å². The summed E-state index contributed by atoms with van der Waals surface area (Å²) in [6, 6.07) is 7.30. The van der Waals surface area contributed by atoms with Gasteiger partial charge >= 0.3 is 0 Å². The first-order valence-corrected chi connectivity index (χ1v) is 12.6. The highest BCUT2D eigenvalue weighted by atomic mass is 16.3. The minimum atomic E-state index is -0.124. The lowest BCUT2D eigenvalue weighted by molar-refractivity contribution is -0.137. The second-order valence-corrected chi connectivity index (χ2v) is 10.1. The van der Waals surface area contributed by atoms with Gasteiger partial charge in [-0.3, -0.25) is 19.4 Å². The molecule has 0 radical (unpaired) electrons. The molecule has 0 bridgehead atoms. The van der Waals surface area contributed by atoms with Crippen LogP contribution in [-0.2, 0) is 9.59 Å². The molecule has 186 valence electrons. The number of benzene rings is 1. The Morgan fingerprint density at radius 2 is 1.74 bits per heavy atom. The van der Waals surface area contributed by atoms with E-state index in [0.717, 1.165) is 64.2 Å². The van der Waals surface area contributed by atoms with Crippen LogP contribution in [0, 0.1) is 5.92 Å². The molecule has 0 spiro atoms. The van der Waals surface area contributed by atoms with Gasteiger partial charge < -0.3 is 20.2 Å². The van der Waals surface area contributed by atoms with Crippen molar-refractivity contribution in [3.63, 3.8) is 0 Å². The lowest BCUT2D eigenvalue weighted by Gasteiger charge is -2.46. The van der Waals surface area contributed by atoms with Crippen LogP contribution in [0.25, 0.3) is 0 Å². The monoisotopic (exact) mass is 469 g/mol. The van der Waals surface area contributed by atoms with Gasteiger partial charge in [-0.1, -0.05) is 6.58 Å². The molecule has 2 atom stereocenters. The largest absolute Gasteiger partial charge is 0.508 e. The maximum absolute atomic E-state index is 13.1. The smallest absolute Gasteiger partial charge is 0.237 e. The van der Waals surface area contributed by atoms with Gasteiger partial charge in [-0.05, 0) is 63.9 Å². The molecule has 0 aromatic heterocycles. The average Bonchev–Trinajstić information content (AvgIpc) is 3.29. The van der Waals surface area contributed by atoms with Crippen LogP contribution in [-0.4, -0.2) is 101 Å². The van der Waals surface area contributed by atoms with Crippen molar-refractivity contribution in [3.8, 4) is 5.75 Å². The molecule has 1 aromatic rings. The third kappa shape index (κ3) is 5.91. The lowest BCUT2D eigenvalue weighted by Crippen LogP contribution is -2.59. The number of rotatable bonds is 6. The number of nitrogens with one attached hydrogen (secondary N) is 1. The average molecular weight is 470 g/mol. The van der Waals surface area contributed by atoms with E-state index >= 15 is 0 Å². The normalized spacial score (nSPS) is 24.9. The van der Waals surface area contributed by atoms with Crippen LogP contribution < -0.4 is 5.32 Å². The number of likely N-dealkylation sites (tertiary alicyclic amines) is 2. The van der Waals surface area contributed by atoms with Gasteiger partial charge in [0.25, 0.3) is 0 Å². The van der Waals surface area contributed by atoms with Gasteiger partial charge in [-0.2, -0.15) is 0 Å². The van der Waals surface area contributed by atoms with Crippen LogP contribution >= 0.6 is 0 Å². The van der Waals surface area contributed by atoms with Gasteiger partial charge in [-0.25, -0.2) is 0 Å². The van der Waals surface area contributed by atoms with Crippen molar-refractivity contribution in [1.82, 2.24) is 19.6 Å². The number of anilines is 1. The molecule has 4 rings (SSSR count). The zero-order chi connectivity index (χ0) is 24.2. The molecule has 2 N–H and O–H groups in total. The fraction of sp³-hybridized carbons (Fsp3) is 0.615. The number of piperazine rings is 1. The number of allylic oxidation sites excluding steroid dienone is 1. The van der Waals surface area contributed by atoms with Crippen LogP contribution in [0.2, 0.25) is 0 Å². The number of carbonyl (C=O) groups is 2. The van der Waals surface area contributed by atoms with Crippen LogP contribution in [0.1, 0.15) is 33.1 Å². The second-order valence-electron chi connectivity index (χ2n) is 10.1. The summed E-state index contributed by atoms with van der Waals surface area (Å²) in [5, 5.41) is 12.3. The fourth-order valence-electron chi connectivity index (χ4n) is 5.56. The van der Waals surface area contributed by atoms with E-state index in [1.54, 1.807) is 24.3 Å². The number of nitrogens with zero attached hydrogens (tertiary/aromatic N) is 4. The van der Waals surface area contributed by atoms with Crippen LogP contribution in [0.15, 0.2) is 36.5 Å². The van der Waals surface area contributed by atoms with Gasteiger partial charge in [0.1, 0.15) is 5.75 Å². The van der Waals surface area contributed by atoms with E-state index in [9.17, 15) is 14.7 Å². The Bertz CT molecular complexity index is 881. The minimum Gasteiger partial charge on any atom is -0.508 e. The van der Waals surface area contributed by atoms with Crippen molar-refractivity contribution in [1.29, 1.82) is 0 Å². The quantitative estimate of drug-likeness (QED) is 0.622. The first kappa shape index (κ1) is 24.5. The summed E-state index contributed by atoms with van der Waals surface area (Å²) in [7, 11) is 0. The molecule has 2 amide bonds. The number of phenols is 1. The number of hydrogen-bond acceptors (Lipinski definition) is 6. The predicted molar refractivity (Wildman–Crippen MR) is 133 cm³/mol. The topological polar surface area (TPSA) is 79.4 Å². The fourth-order valence-corrected chi connectivity index (χ4v) is 5.56. The Labute approximate surface area is 203 Å². The molecule has 3 fully saturated rings. The molecule has 3 heterocycles. The summed E-state index contributed by atoms with van der Waals surface area (Å²) in [5.74, 6) is 0.192. The molecule has 1 aromatic carbocycles. The van der Waals surface area contributed by atoms with Crippen molar-refractivity contribution in [2.45, 2.75) is 45.2 Å². The molecule has 0 aliphatic carbocycles. The Hall–Kier alpha value is -2.58. The molecule has 0 saturated carbocycles. The van der Waals surface area contributed by atoms with Crippen molar-refractivity contribution in [2.75, 3.05) is 57.7 Å². The summed E-state index contributed by atoms with van der Waals surface area (Å²) < 4.78 is 0. The summed E-state index contributed by atoms with van der Waals surface area (Å²) in [6.45, 7) is 14.8. The van der Waals surface area contributed by atoms with Crippen molar-refractivity contribution >= 4 is 17.5 Å². The van der Waals surface area contributed by atoms with E-state index in [1.807, 2.05) is 4.90 Å². The standard InChI is InChI=1S/C26H39N5O3/c1-19(2)29-12-9-23(10-13-29)30-14-15-31(20(3)16-30)25(33)18-28-11-8-21(17-28)26(34)27-22-4-6-24(32)7-5-22/h4-7,20-21,23,32H,1,8-18H2,2-3H3,(H,27,34)/t20-,21-/m1/s1. The molecule has 34 heavy (non-hydrogen) atoms. The highest BCUT2D eigenvalue weighted by Crippen LogP contribution is 2.23. The first-order chi connectivity index (χ1) is 16.3. The number of piperidine rings is 1. The SMILES string of the molecule is C=C(C)N1CCC(N2CCN(C(=O)CN3CC[C@@H](C(=O)Nc4ccc(O)cc4)C3)[C@H](C)C2)CC1. The number of amides is 2. The van der Waals surface area contributed by atoms with Gasteiger partial charge in [0.2, 0.25) is 11.8 Å². The van der Waals surface area contributed by atoms with E-state index in [0.29, 0.717) is 24.8 Å². The Kier molecular flexibility index (Phi) is 7.78. The third-order valence-electron chi connectivity index (χ3n) is 7.64. The zero-order valence-electron chi connectivity index (χ0n) is 20.6. The van der Waals surface area contributed by atoms with Crippen molar-refractivity contribution < 1.29 is 14.7 Å². The Morgan fingerprint density at radius 3 is 2.38 bits per heavy atom. The van der Waals surface area contributed by atoms with E-state index in [-0.39, 0.29) is 29.5 Å². The number of phenolic OH excluding ortho intramolecular Hbond substituents is 1. The molecule has 3 aliphatic rings. The predicted octanol–water partition coefficient (Wildman–Crippen LogP) is 2.18. The van der Waals surface area contributed by atoms with E-state index < -0.39 is 0 Å². The molecular weight excluding hydrogens is 430 g/mol. The first-order valence-electron chi connectivity index (χ1n) is 12.6. The van der Waals surface area contributed by atoms with E-state index in [1.165, 1.54) is 0 Å². The maximum atomic E-state index is 13.1. The minimum absolute atomic E-state index is 0.0275. The summed E-state index contributed by atoms with van der Waals surface area (Å²) in [4.78, 5) is 34.8. The van der Waals surface area contributed by atoms with Crippen LogP contribution in [0.4, 0.5) is 5.69 Å². The number of hydrogen-bond donors (Lipinski definition) is 2. The molecule has 3 aliphatic heterocycles. The Morgan fingerprint density at radius 1 is 1.03 bits per heavy atom. The van der Waals surface area contributed by atoms with E-state index in [2.05, 4.69) is 40.4 Å². The highest BCUT2D eigenvalue weighted by molar-refractivity contribution is 5.93. The van der Waals surface area contributed by atoms with Crippen molar-refractivity contribution in [2.24, 2.45) is 5.92 Å². The van der Waals surface area contributed by atoms with Gasteiger partial charge in [0, 0.05) is 62.7 Å². The number of aromatic hydroxyl groups is 1. The van der Waals surface area contributed by atoms with Crippen molar-refractivity contribution in [3.05, 3.63) is 36.5 Å². The molecule has 8 nitrogen and oxygen atoms in total. The van der Waals surface area contributed by atoms with Crippen LogP contribution in [0.3, 0.4) is 0 Å². The Balaban J connectivity index is 1.21. The third-order valence-corrected chi connectivity index (χ3v) is 7.64. The molecule has 8 heteroatoms. The molecule has 0 unspecified atom stereocenters. The summed E-state index contributed by atoms with van der Waals surface area (Å²) in [5.41, 5.74) is 1.83. The highest BCUT2D eigenvalue weighted by Gasteiger charge is 2.35. The molecular formula is C26H39N5O3. The zero-order valence-corrected chi connectivity index (χ0v) is 20.6. The lowest BCUT2D eigenvalue weighted by atomic mass is 10.0. The maximum Gasteiger partial charge on any atom is 0.237 e. The second kappa shape index (κ2) is 10.8. The molecule has 3 saturated heterocycles. The van der Waals surface area contributed by atoms with E-state index in [4.69, 9.17) is 0 Å². The summed E-state index contributed by atoms with van der Waals surface area (Å²) in [6.07, 6.45) is 3.08. The summed E-state index contributed by atoms with van der Waals surface area (Å²) >= 11 is 0. The number of carbonyl (C=O) groups excluding carboxylic acids is 2.